The second kappa shape index (κ2) is 8.21. The van der Waals surface area contributed by atoms with Crippen LogP contribution in [0.25, 0.3) is 0 Å². The van der Waals surface area contributed by atoms with E-state index in [1.807, 2.05) is 0 Å². The van der Waals surface area contributed by atoms with E-state index in [9.17, 15) is 9.59 Å². The number of benzene rings is 2. The number of rotatable bonds is 6. The van der Waals surface area contributed by atoms with E-state index in [4.69, 9.17) is 21.1 Å². The van der Waals surface area contributed by atoms with Gasteiger partial charge in [-0.1, -0.05) is 17.7 Å². The second-order valence-corrected chi connectivity index (χ2v) is 5.29. The standard InChI is InChI=1S/C17H17ClN2O4/c1-23-14-7-6-13(9-15(14)24-2)20-17(22)10-16(21)19-12-5-3-4-11(18)8-12/h3-9H,10H2,1-2H3,(H,19,21)(H,20,22). The lowest BCUT2D eigenvalue weighted by molar-refractivity contribution is -0.123. The molecule has 0 aliphatic heterocycles. The molecule has 0 heterocycles. The summed E-state index contributed by atoms with van der Waals surface area (Å²) < 4.78 is 10.3. The van der Waals surface area contributed by atoms with E-state index in [2.05, 4.69) is 10.6 Å². The summed E-state index contributed by atoms with van der Waals surface area (Å²) in [5.74, 6) is 0.157. The van der Waals surface area contributed by atoms with E-state index in [0.29, 0.717) is 27.9 Å². The first kappa shape index (κ1) is 17.6. The van der Waals surface area contributed by atoms with Crippen LogP contribution in [0, 0.1) is 0 Å². The molecule has 0 saturated heterocycles. The Morgan fingerprint density at radius 1 is 0.917 bits per heavy atom. The first-order chi connectivity index (χ1) is 11.5. The Balaban J connectivity index is 1.94. The van der Waals surface area contributed by atoms with E-state index >= 15 is 0 Å². The van der Waals surface area contributed by atoms with E-state index in [1.54, 1.807) is 42.5 Å². The number of halogens is 1. The third kappa shape index (κ3) is 4.89. The zero-order valence-corrected chi connectivity index (χ0v) is 14.0. The molecule has 0 spiro atoms. The summed E-state index contributed by atoms with van der Waals surface area (Å²) in [6, 6.07) is 11.6. The average Bonchev–Trinajstić information content (AvgIpc) is 2.54. The van der Waals surface area contributed by atoms with Crippen molar-refractivity contribution < 1.29 is 19.1 Å². The number of hydrogen-bond donors (Lipinski definition) is 2. The molecule has 0 aromatic heterocycles. The van der Waals surface area contributed by atoms with Gasteiger partial charge >= 0.3 is 0 Å². The Labute approximate surface area is 144 Å². The topological polar surface area (TPSA) is 76.7 Å². The van der Waals surface area contributed by atoms with Crippen molar-refractivity contribution in [2.45, 2.75) is 6.42 Å². The Bertz CT molecular complexity index is 749. The molecule has 0 atom stereocenters. The van der Waals surface area contributed by atoms with E-state index in [1.165, 1.54) is 14.2 Å². The van der Waals surface area contributed by atoms with Gasteiger partial charge in [0.25, 0.3) is 0 Å². The van der Waals surface area contributed by atoms with Crippen LogP contribution in [0.1, 0.15) is 6.42 Å². The summed E-state index contributed by atoms with van der Waals surface area (Å²) in [4.78, 5) is 23.9. The molecule has 2 amide bonds. The molecular formula is C17H17ClN2O4. The lowest BCUT2D eigenvalue weighted by Crippen LogP contribution is -2.21. The maximum Gasteiger partial charge on any atom is 0.233 e. The highest BCUT2D eigenvalue weighted by atomic mass is 35.5. The minimum atomic E-state index is -0.443. The normalized spacial score (nSPS) is 9.96. The van der Waals surface area contributed by atoms with Crippen molar-refractivity contribution in [3.63, 3.8) is 0 Å². The first-order valence-corrected chi connectivity index (χ1v) is 7.47. The van der Waals surface area contributed by atoms with Crippen molar-refractivity contribution in [3.8, 4) is 11.5 Å². The van der Waals surface area contributed by atoms with Crippen molar-refractivity contribution in [1.29, 1.82) is 0 Å². The van der Waals surface area contributed by atoms with Crippen LogP contribution in [0.3, 0.4) is 0 Å². The lowest BCUT2D eigenvalue weighted by atomic mass is 10.2. The molecule has 0 aliphatic rings. The van der Waals surface area contributed by atoms with Gasteiger partial charge in [-0.25, -0.2) is 0 Å². The average molecular weight is 349 g/mol. The van der Waals surface area contributed by atoms with Crippen LogP contribution >= 0.6 is 11.6 Å². The number of ether oxygens (including phenoxy) is 2. The van der Waals surface area contributed by atoms with Crippen LogP contribution in [0.2, 0.25) is 5.02 Å². The first-order valence-electron chi connectivity index (χ1n) is 7.09. The van der Waals surface area contributed by atoms with Gasteiger partial charge in [-0.05, 0) is 30.3 Å². The number of hydrogen-bond acceptors (Lipinski definition) is 4. The van der Waals surface area contributed by atoms with E-state index < -0.39 is 11.8 Å². The summed E-state index contributed by atoms with van der Waals surface area (Å²) in [6.45, 7) is 0. The quantitative estimate of drug-likeness (QED) is 0.785. The van der Waals surface area contributed by atoms with Gasteiger partial charge in [-0.15, -0.1) is 0 Å². The SMILES string of the molecule is COc1ccc(NC(=O)CC(=O)Nc2cccc(Cl)c2)cc1OC. The van der Waals surface area contributed by atoms with E-state index in [-0.39, 0.29) is 6.42 Å². The van der Waals surface area contributed by atoms with Crippen molar-refractivity contribution in [2.75, 3.05) is 24.9 Å². The van der Waals surface area contributed by atoms with Gasteiger partial charge in [0, 0.05) is 22.5 Å². The molecule has 0 fully saturated rings. The monoisotopic (exact) mass is 348 g/mol. The van der Waals surface area contributed by atoms with Crippen LogP contribution in [-0.4, -0.2) is 26.0 Å². The van der Waals surface area contributed by atoms with Crippen molar-refractivity contribution in [2.24, 2.45) is 0 Å². The summed E-state index contributed by atoms with van der Waals surface area (Å²) in [7, 11) is 3.03. The molecule has 0 unspecified atom stereocenters. The Kier molecular flexibility index (Phi) is 6.03. The van der Waals surface area contributed by atoms with E-state index in [0.717, 1.165) is 0 Å². The molecule has 2 N–H and O–H groups in total. The number of carbonyl (C=O) groups excluding carboxylic acids is 2. The predicted octanol–water partition coefficient (Wildman–Crippen LogP) is 3.32. The number of carbonyl (C=O) groups is 2. The smallest absolute Gasteiger partial charge is 0.233 e. The molecule has 0 aliphatic carbocycles. The van der Waals surface area contributed by atoms with Gasteiger partial charge in [0.15, 0.2) is 11.5 Å². The zero-order chi connectivity index (χ0) is 17.5. The Hall–Kier alpha value is -2.73. The molecule has 6 nitrogen and oxygen atoms in total. The van der Waals surface area contributed by atoms with Gasteiger partial charge in [0.05, 0.1) is 14.2 Å². The molecule has 0 saturated carbocycles. The maximum absolute atomic E-state index is 12.0. The fourth-order valence-corrected chi connectivity index (χ4v) is 2.23. The molecule has 2 rings (SSSR count). The minimum absolute atomic E-state index is 0.319. The summed E-state index contributed by atoms with van der Waals surface area (Å²) in [5, 5.41) is 5.75. The van der Waals surface area contributed by atoms with Crippen molar-refractivity contribution in [3.05, 3.63) is 47.5 Å². The molecule has 0 bridgehead atoms. The Morgan fingerprint density at radius 3 is 2.12 bits per heavy atom. The van der Waals surface area contributed by atoms with Crippen LogP contribution < -0.4 is 20.1 Å². The predicted molar refractivity (Wildman–Crippen MR) is 92.9 cm³/mol. The summed E-state index contributed by atoms with van der Waals surface area (Å²) >= 11 is 5.84. The fraction of sp³-hybridized carbons (Fsp3) is 0.176. The van der Waals surface area contributed by atoms with Gasteiger partial charge in [0.1, 0.15) is 6.42 Å². The molecule has 2 aromatic rings. The van der Waals surface area contributed by atoms with Crippen LogP contribution in [0.15, 0.2) is 42.5 Å². The molecular weight excluding hydrogens is 332 g/mol. The van der Waals surface area contributed by atoms with Gasteiger partial charge in [-0.3, -0.25) is 9.59 Å². The number of anilines is 2. The number of nitrogens with one attached hydrogen (secondary N) is 2. The number of amides is 2. The third-order valence-electron chi connectivity index (χ3n) is 3.10. The number of methoxy groups -OCH3 is 2. The molecule has 0 radical (unpaired) electrons. The molecule has 126 valence electrons. The summed E-state index contributed by atoms with van der Waals surface area (Å²) in [5.41, 5.74) is 1.04. The lowest BCUT2D eigenvalue weighted by Gasteiger charge is -2.10. The van der Waals surface area contributed by atoms with Crippen LogP contribution in [0.5, 0.6) is 11.5 Å². The molecule has 24 heavy (non-hydrogen) atoms. The van der Waals surface area contributed by atoms with Gasteiger partial charge in [-0.2, -0.15) is 0 Å². The molecule has 7 heteroatoms. The zero-order valence-electron chi connectivity index (χ0n) is 13.3. The largest absolute Gasteiger partial charge is 0.493 e. The van der Waals surface area contributed by atoms with Gasteiger partial charge < -0.3 is 20.1 Å². The maximum atomic E-state index is 12.0. The summed E-state index contributed by atoms with van der Waals surface area (Å²) in [6.07, 6.45) is -0.319. The second-order valence-electron chi connectivity index (χ2n) is 4.85. The fourth-order valence-electron chi connectivity index (χ4n) is 2.04. The highest BCUT2D eigenvalue weighted by Crippen LogP contribution is 2.29. The minimum Gasteiger partial charge on any atom is -0.493 e. The third-order valence-corrected chi connectivity index (χ3v) is 3.33. The van der Waals surface area contributed by atoms with Crippen molar-refractivity contribution in [1.82, 2.24) is 0 Å². The highest BCUT2D eigenvalue weighted by Gasteiger charge is 2.12. The van der Waals surface area contributed by atoms with Crippen LogP contribution in [0.4, 0.5) is 11.4 Å². The Morgan fingerprint density at radius 2 is 1.54 bits per heavy atom. The van der Waals surface area contributed by atoms with Gasteiger partial charge in [0.2, 0.25) is 11.8 Å². The highest BCUT2D eigenvalue weighted by molar-refractivity contribution is 6.30. The molecule has 2 aromatic carbocycles. The van der Waals surface area contributed by atoms with Crippen molar-refractivity contribution >= 4 is 34.8 Å². The van der Waals surface area contributed by atoms with Crippen LogP contribution in [-0.2, 0) is 9.59 Å².